The topological polar surface area (TPSA) is 54.4 Å². The molecule has 0 amide bonds. The molecule has 0 aliphatic carbocycles. The van der Waals surface area contributed by atoms with Crippen LogP contribution in [0.25, 0.3) is 0 Å². The van der Waals surface area contributed by atoms with Gasteiger partial charge in [-0.25, -0.2) is 4.98 Å². The van der Waals surface area contributed by atoms with Gasteiger partial charge in [0, 0.05) is 18.5 Å². The fraction of sp³-hybridized carbons (Fsp3) is 0.308. The molecule has 4 nitrogen and oxygen atoms in total. The SMILES string of the molecule is COc1cc(CNCc2csc(C)n2)ccc1O. The van der Waals surface area contributed by atoms with Gasteiger partial charge in [0.05, 0.1) is 17.8 Å². The number of rotatable bonds is 5. The minimum absolute atomic E-state index is 0.163. The summed E-state index contributed by atoms with van der Waals surface area (Å²) in [5.41, 5.74) is 2.12. The molecule has 0 saturated carbocycles. The smallest absolute Gasteiger partial charge is 0.160 e. The summed E-state index contributed by atoms with van der Waals surface area (Å²) < 4.78 is 5.07. The maximum Gasteiger partial charge on any atom is 0.160 e. The van der Waals surface area contributed by atoms with Gasteiger partial charge in [-0.05, 0) is 24.6 Å². The number of phenolic OH excluding ortho intramolecular Hbond substituents is 1. The summed E-state index contributed by atoms with van der Waals surface area (Å²) in [7, 11) is 1.55. The van der Waals surface area contributed by atoms with E-state index in [-0.39, 0.29) is 5.75 Å². The molecule has 0 atom stereocenters. The molecule has 1 aromatic heterocycles. The van der Waals surface area contributed by atoms with Crippen molar-refractivity contribution in [2.75, 3.05) is 7.11 Å². The quantitative estimate of drug-likeness (QED) is 0.871. The summed E-state index contributed by atoms with van der Waals surface area (Å²) in [6.45, 7) is 3.46. The number of methoxy groups -OCH3 is 1. The van der Waals surface area contributed by atoms with Crippen LogP contribution in [0.1, 0.15) is 16.3 Å². The molecular formula is C13H16N2O2S. The highest BCUT2D eigenvalue weighted by atomic mass is 32.1. The van der Waals surface area contributed by atoms with E-state index in [1.165, 1.54) is 0 Å². The molecule has 18 heavy (non-hydrogen) atoms. The van der Waals surface area contributed by atoms with E-state index in [4.69, 9.17) is 4.74 Å². The zero-order chi connectivity index (χ0) is 13.0. The highest BCUT2D eigenvalue weighted by molar-refractivity contribution is 7.09. The minimum atomic E-state index is 0.163. The molecule has 1 heterocycles. The van der Waals surface area contributed by atoms with Crippen LogP contribution in [0.2, 0.25) is 0 Å². The first-order valence-corrected chi connectivity index (χ1v) is 6.54. The lowest BCUT2D eigenvalue weighted by molar-refractivity contribution is 0.373. The Kier molecular flexibility index (Phi) is 4.17. The van der Waals surface area contributed by atoms with Crippen molar-refractivity contribution in [2.24, 2.45) is 0 Å². The normalized spacial score (nSPS) is 10.6. The lowest BCUT2D eigenvalue weighted by atomic mass is 10.2. The molecule has 0 radical (unpaired) electrons. The maximum atomic E-state index is 9.49. The number of hydrogen-bond acceptors (Lipinski definition) is 5. The molecule has 0 fully saturated rings. The first-order chi connectivity index (χ1) is 8.69. The highest BCUT2D eigenvalue weighted by Gasteiger charge is 2.03. The Bertz CT molecular complexity index is 525. The van der Waals surface area contributed by atoms with Gasteiger partial charge in [0.2, 0.25) is 0 Å². The summed E-state index contributed by atoms with van der Waals surface area (Å²) in [5, 5.41) is 15.9. The van der Waals surface area contributed by atoms with E-state index >= 15 is 0 Å². The van der Waals surface area contributed by atoms with E-state index < -0.39 is 0 Å². The van der Waals surface area contributed by atoms with Gasteiger partial charge < -0.3 is 15.2 Å². The molecule has 2 aromatic rings. The third-order valence-corrected chi connectivity index (χ3v) is 3.37. The lowest BCUT2D eigenvalue weighted by Gasteiger charge is -2.07. The van der Waals surface area contributed by atoms with E-state index in [9.17, 15) is 5.11 Å². The number of benzene rings is 1. The van der Waals surface area contributed by atoms with Crippen LogP contribution in [-0.4, -0.2) is 17.2 Å². The van der Waals surface area contributed by atoms with Gasteiger partial charge in [0.1, 0.15) is 0 Å². The fourth-order valence-corrected chi connectivity index (χ4v) is 2.27. The Morgan fingerprint density at radius 3 is 2.89 bits per heavy atom. The Morgan fingerprint density at radius 1 is 1.39 bits per heavy atom. The van der Waals surface area contributed by atoms with Crippen molar-refractivity contribution >= 4 is 11.3 Å². The standard InChI is InChI=1S/C13H16N2O2S/c1-9-15-11(8-18-9)7-14-6-10-3-4-12(16)13(5-10)17-2/h3-5,8,14,16H,6-7H2,1-2H3. The van der Waals surface area contributed by atoms with Crippen LogP contribution in [0.5, 0.6) is 11.5 Å². The van der Waals surface area contributed by atoms with Crippen LogP contribution in [0.3, 0.4) is 0 Å². The van der Waals surface area contributed by atoms with E-state index in [0.717, 1.165) is 22.8 Å². The first-order valence-electron chi connectivity index (χ1n) is 5.66. The molecular weight excluding hydrogens is 248 g/mol. The molecule has 2 N–H and O–H groups in total. The van der Waals surface area contributed by atoms with Crippen molar-refractivity contribution in [3.05, 3.63) is 39.8 Å². The van der Waals surface area contributed by atoms with Crippen molar-refractivity contribution in [1.29, 1.82) is 0 Å². The van der Waals surface area contributed by atoms with Gasteiger partial charge in [0.15, 0.2) is 11.5 Å². The molecule has 2 rings (SSSR count). The van der Waals surface area contributed by atoms with Gasteiger partial charge in [-0.2, -0.15) is 0 Å². The molecule has 0 aliphatic rings. The number of nitrogens with one attached hydrogen (secondary N) is 1. The van der Waals surface area contributed by atoms with E-state index in [0.29, 0.717) is 12.3 Å². The monoisotopic (exact) mass is 264 g/mol. The first kappa shape index (κ1) is 12.9. The zero-order valence-electron chi connectivity index (χ0n) is 10.4. The molecule has 0 unspecified atom stereocenters. The Balaban J connectivity index is 1.90. The van der Waals surface area contributed by atoms with Gasteiger partial charge in [-0.3, -0.25) is 0 Å². The van der Waals surface area contributed by atoms with E-state index in [2.05, 4.69) is 15.7 Å². The van der Waals surface area contributed by atoms with Gasteiger partial charge in [-0.1, -0.05) is 6.07 Å². The summed E-state index contributed by atoms with van der Waals surface area (Å²) >= 11 is 1.65. The van der Waals surface area contributed by atoms with Crippen molar-refractivity contribution in [2.45, 2.75) is 20.0 Å². The van der Waals surface area contributed by atoms with Crippen molar-refractivity contribution in [3.8, 4) is 11.5 Å². The van der Waals surface area contributed by atoms with Crippen molar-refractivity contribution in [1.82, 2.24) is 10.3 Å². The summed E-state index contributed by atoms with van der Waals surface area (Å²) in [6, 6.07) is 5.34. The summed E-state index contributed by atoms with van der Waals surface area (Å²) in [4.78, 5) is 4.38. The van der Waals surface area contributed by atoms with Crippen molar-refractivity contribution in [3.63, 3.8) is 0 Å². The number of aromatic nitrogens is 1. The van der Waals surface area contributed by atoms with Crippen LogP contribution in [-0.2, 0) is 13.1 Å². The van der Waals surface area contributed by atoms with Crippen LogP contribution in [0.15, 0.2) is 23.6 Å². The third-order valence-electron chi connectivity index (χ3n) is 2.55. The number of hydrogen-bond donors (Lipinski definition) is 2. The molecule has 96 valence electrons. The Morgan fingerprint density at radius 2 is 2.22 bits per heavy atom. The zero-order valence-corrected chi connectivity index (χ0v) is 11.3. The van der Waals surface area contributed by atoms with Gasteiger partial charge >= 0.3 is 0 Å². The maximum absolute atomic E-state index is 9.49. The van der Waals surface area contributed by atoms with Crippen LogP contribution in [0, 0.1) is 6.92 Å². The second-order valence-electron chi connectivity index (χ2n) is 3.97. The Hall–Kier alpha value is -1.59. The van der Waals surface area contributed by atoms with Gasteiger partial charge in [-0.15, -0.1) is 11.3 Å². The predicted molar refractivity (Wildman–Crippen MR) is 72.1 cm³/mol. The average molecular weight is 264 g/mol. The van der Waals surface area contributed by atoms with Crippen LogP contribution >= 0.6 is 11.3 Å². The molecule has 1 aromatic carbocycles. The molecule has 0 bridgehead atoms. The summed E-state index contributed by atoms with van der Waals surface area (Å²) in [6.07, 6.45) is 0. The largest absolute Gasteiger partial charge is 0.504 e. The van der Waals surface area contributed by atoms with Gasteiger partial charge in [0.25, 0.3) is 0 Å². The number of phenols is 1. The average Bonchev–Trinajstić information content (AvgIpc) is 2.77. The number of ether oxygens (including phenoxy) is 1. The third kappa shape index (κ3) is 3.21. The second kappa shape index (κ2) is 5.84. The molecule has 0 spiro atoms. The van der Waals surface area contributed by atoms with Crippen LogP contribution in [0.4, 0.5) is 0 Å². The van der Waals surface area contributed by atoms with Crippen molar-refractivity contribution < 1.29 is 9.84 Å². The molecule has 5 heteroatoms. The number of aromatic hydroxyl groups is 1. The highest BCUT2D eigenvalue weighted by Crippen LogP contribution is 2.26. The number of aryl methyl sites for hydroxylation is 1. The predicted octanol–water partition coefficient (Wildman–Crippen LogP) is 2.46. The van der Waals surface area contributed by atoms with E-state index in [1.54, 1.807) is 24.5 Å². The van der Waals surface area contributed by atoms with E-state index in [1.807, 2.05) is 19.1 Å². The second-order valence-corrected chi connectivity index (χ2v) is 5.03. The lowest BCUT2D eigenvalue weighted by Crippen LogP contribution is -2.12. The fourth-order valence-electron chi connectivity index (χ4n) is 1.66. The number of thiazole rings is 1. The minimum Gasteiger partial charge on any atom is -0.504 e. The molecule has 0 aliphatic heterocycles. The number of nitrogens with zero attached hydrogens (tertiary/aromatic N) is 1. The molecule has 0 saturated heterocycles. The summed E-state index contributed by atoms with van der Waals surface area (Å²) in [5.74, 6) is 0.662. The Labute approximate surface area is 110 Å². The van der Waals surface area contributed by atoms with Crippen LogP contribution < -0.4 is 10.1 Å².